The van der Waals surface area contributed by atoms with Gasteiger partial charge in [-0.15, -0.1) is 10.2 Å². The number of hydrogen-bond acceptors (Lipinski definition) is 6. The van der Waals surface area contributed by atoms with Gasteiger partial charge in [0.15, 0.2) is 9.84 Å². The predicted molar refractivity (Wildman–Crippen MR) is 76.9 cm³/mol. The van der Waals surface area contributed by atoms with Gasteiger partial charge in [-0.05, 0) is 33.6 Å². The van der Waals surface area contributed by atoms with Gasteiger partial charge in [0.1, 0.15) is 15.3 Å². The maximum absolute atomic E-state index is 12.0. The van der Waals surface area contributed by atoms with Gasteiger partial charge in [0.2, 0.25) is 0 Å². The van der Waals surface area contributed by atoms with E-state index in [0.717, 1.165) is 17.8 Å². The Morgan fingerprint density at radius 1 is 1.32 bits per heavy atom. The molecule has 1 saturated heterocycles. The monoisotopic (exact) mass is 303 g/mol. The third-order valence-corrected chi connectivity index (χ3v) is 6.48. The van der Waals surface area contributed by atoms with Crippen LogP contribution in [0.25, 0.3) is 0 Å². The molecule has 108 valence electrons. The van der Waals surface area contributed by atoms with Gasteiger partial charge in [-0.2, -0.15) is 0 Å². The molecule has 1 aromatic heterocycles. The van der Waals surface area contributed by atoms with Crippen LogP contribution < -0.4 is 5.32 Å². The van der Waals surface area contributed by atoms with Crippen LogP contribution in [0.1, 0.15) is 55.3 Å². The van der Waals surface area contributed by atoms with E-state index in [1.165, 1.54) is 11.3 Å². The number of rotatable bonds is 3. The first-order chi connectivity index (χ1) is 8.78. The molecule has 7 heteroatoms. The van der Waals surface area contributed by atoms with Crippen LogP contribution in [0.15, 0.2) is 0 Å². The average Bonchev–Trinajstić information content (AvgIpc) is 2.73. The van der Waals surface area contributed by atoms with E-state index in [1.807, 2.05) is 0 Å². The first-order valence-corrected chi connectivity index (χ1v) is 9.10. The minimum Gasteiger partial charge on any atom is -0.306 e. The summed E-state index contributed by atoms with van der Waals surface area (Å²) in [6.45, 7) is 6.88. The number of nitrogens with one attached hydrogen (secondary N) is 1. The van der Waals surface area contributed by atoms with Crippen LogP contribution in [0.5, 0.6) is 0 Å². The fraction of sp³-hybridized carbons (Fsp3) is 0.833. The summed E-state index contributed by atoms with van der Waals surface area (Å²) in [6, 6.07) is 0. The highest BCUT2D eigenvalue weighted by molar-refractivity contribution is 7.91. The van der Waals surface area contributed by atoms with Crippen molar-refractivity contribution in [1.82, 2.24) is 15.5 Å². The average molecular weight is 303 g/mol. The van der Waals surface area contributed by atoms with Gasteiger partial charge in [0.25, 0.3) is 0 Å². The van der Waals surface area contributed by atoms with Crippen molar-refractivity contribution in [2.24, 2.45) is 0 Å². The fourth-order valence-corrected chi connectivity index (χ4v) is 5.19. The maximum atomic E-state index is 12.0. The largest absolute Gasteiger partial charge is 0.306 e. The van der Waals surface area contributed by atoms with Crippen LogP contribution in [-0.4, -0.2) is 29.9 Å². The van der Waals surface area contributed by atoms with E-state index in [-0.39, 0.29) is 11.3 Å². The Kier molecular flexibility index (Phi) is 4.27. The topological polar surface area (TPSA) is 72.0 Å². The Bertz CT molecular complexity index is 531. The van der Waals surface area contributed by atoms with Crippen molar-refractivity contribution >= 4 is 21.2 Å². The molecule has 2 heterocycles. The molecule has 1 N–H and O–H groups in total. The fourth-order valence-electron chi connectivity index (χ4n) is 2.04. The summed E-state index contributed by atoms with van der Waals surface area (Å²) < 4.78 is 24.1. The highest BCUT2D eigenvalue weighted by Crippen LogP contribution is 2.34. The smallest absolute Gasteiger partial charge is 0.159 e. The quantitative estimate of drug-likeness (QED) is 0.925. The lowest BCUT2D eigenvalue weighted by molar-refractivity contribution is 0.423. The van der Waals surface area contributed by atoms with Crippen molar-refractivity contribution in [2.45, 2.75) is 57.4 Å². The summed E-state index contributed by atoms with van der Waals surface area (Å²) in [5, 5.41) is 12.6. The molecule has 5 nitrogen and oxygen atoms in total. The molecule has 1 aromatic rings. The van der Waals surface area contributed by atoms with Gasteiger partial charge in [-0.25, -0.2) is 8.42 Å². The molecular weight excluding hydrogens is 282 g/mol. The Morgan fingerprint density at radius 3 is 2.68 bits per heavy atom. The second kappa shape index (κ2) is 5.46. The molecule has 0 saturated carbocycles. The molecule has 19 heavy (non-hydrogen) atoms. The number of hydrogen-bond donors (Lipinski definition) is 1. The normalized spacial score (nSPS) is 23.4. The van der Waals surface area contributed by atoms with Crippen LogP contribution in [0, 0.1) is 0 Å². The van der Waals surface area contributed by atoms with Crippen molar-refractivity contribution in [3.05, 3.63) is 10.0 Å². The highest BCUT2D eigenvalue weighted by Gasteiger charge is 2.33. The zero-order chi connectivity index (χ0) is 14.1. The first-order valence-electron chi connectivity index (χ1n) is 6.57. The van der Waals surface area contributed by atoms with E-state index >= 15 is 0 Å². The molecule has 1 aliphatic heterocycles. The summed E-state index contributed by atoms with van der Waals surface area (Å²) in [4.78, 5) is 0. The molecule has 1 atom stereocenters. The van der Waals surface area contributed by atoms with E-state index in [2.05, 4.69) is 36.3 Å². The second-order valence-electron chi connectivity index (χ2n) is 5.99. The molecule has 0 spiro atoms. The lowest BCUT2D eigenvalue weighted by Gasteiger charge is -2.20. The van der Waals surface area contributed by atoms with E-state index in [9.17, 15) is 8.42 Å². The SMILES string of the molecule is CC(C)(C)NCc1nnc(C2CCCCS2(=O)=O)s1. The van der Waals surface area contributed by atoms with Crippen LogP contribution in [0.3, 0.4) is 0 Å². The summed E-state index contributed by atoms with van der Waals surface area (Å²) in [5.41, 5.74) is 0.0166. The minimum absolute atomic E-state index is 0.0166. The number of sulfone groups is 1. The molecule has 1 aliphatic rings. The molecule has 0 aromatic carbocycles. The van der Waals surface area contributed by atoms with Crippen molar-refractivity contribution in [1.29, 1.82) is 0 Å². The molecule has 0 amide bonds. The van der Waals surface area contributed by atoms with Gasteiger partial charge in [0.05, 0.1) is 12.3 Å². The minimum atomic E-state index is -3.02. The molecule has 1 unspecified atom stereocenters. The van der Waals surface area contributed by atoms with Crippen LogP contribution in [-0.2, 0) is 16.4 Å². The highest BCUT2D eigenvalue weighted by atomic mass is 32.2. The van der Waals surface area contributed by atoms with Gasteiger partial charge in [-0.1, -0.05) is 17.8 Å². The van der Waals surface area contributed by atoms with Crippen molar-refractivity contribution in [3.63, 3.8) is 0 Å². The second-order valence-corrected chi connectivity index (χ2v) is 9.39. The standard InChI is InChI=1S/C12H21N3O2S2/c1-12(2,3)13-8-10-14-15-11(18-10)9-6-4-5-7-19(9,16)17/h9,13H,4-8H2,1-3H3. The summed E-state index contributed by atoms with van der Waals surface area (Å²) >= 11 is 1.42. The molecule has 0 aliphatic carbocycles. The van der Waals surface area contributed by atoms with Crippen LogP contribution in [0.4, 0.5) is 0 Å². The van der Waals surface area contributed by atoms with Crippen LogP contribution in [0.2, 0.25) is 0 Å². The number of nitrogens with zero attached hydrogens (tertiary/aromatic N) is 2. The third kappa shape index (κ3) is 3.97. The summed E-state index contributed by atoms with van der Waals surface area (Å²) in [6.07, 6.45) is 2.42. The Morgan fingerprint density at radius 2 is 2.05 bits per heavy atom. The zero-order valence-corrected chi connectivity index (χ0v) is 13.3. The van der Waals surface area contributed by atoms with Crippen molar-refractivity contribution < 1.29 is 8.42 Å². The zero-order valence-electron chi connectivity index (χ0n) is 11.6. The molecular formula is C12H21N3O2S2. The summed E-state index contributed by atoms with van der Waals surface area (Å²) in [7, 11) is -3.02. The molecule has 1 fully saturated rings. The van der Waals surface area contributed by atoms with E-state index in [1.54, 1.807) is 0 Å². The van der Waals surface area contributed by atoms with E-state index in [0.29, 0.717) is 18.0 Å². The predicted octanol–water partition coefficient (Wildman–Crippen LogP) is 2.07. The molecule has 2 rings (SSSR count). The lowest BCUT2D eigenvalue weighted by Crippen LogP contribution is -2.35. The molecule has 0 radical (unpaired) electrons. The Balaban J connectivity index is 2.08. The maximum Gasteiger partial charge on any atom is 0.159 e. The Hall–Kier alpha value is -0.530. The molecule has 0 bridgehead atoms. The van der Waals surface area contributed by atoms with Gasteiger partial charge >= 0.3 is 0 Å². The summed E-state index contributed by atoms with van der Waals surface area (Å²) in [5.74, 6) is 0.285. The third-order valence-electron chi connectivity index (χ3n) is 3.11. The van der Waals surface area contributed by atoms with Gasteiger partial charge < -0.3 is 5.32 Å². The van der Waals surface area contributed by atoms with E-state index < -0.39 is 15.1 Å². The van der Waals surface area contributed by atoms with Crippen molar-refractivity contribution in [2.75, 3.05) is 5.75 Å². The first kappa shape index (κ1) is 14.9. The van der Waals surface area contributed by atoms with Crippen molar-refractivity contribution in [3.8, 4) is 0 Å². The lowest BCUT2D eigenvalue weighted by atomic mass is 10.1. The van der Waals surface area contributed by atoms with Gasteiger partial charge in [-0.3, -0.25) is 0 Å². The Labute approximate surface area is 118 Å². The van der Waals surface area contributed by atoms with E-state index in [4.69, 9.17) is 0 Å². The van der Waals surface area contributed by atoms with Crippen LogP contribution >= 0.6 is 11.3 Å². The number of aromatic nitrogens is 2. The van der Waals surface area contributed by atoms with Gasteiger partial charge in [0, 0.05) is 5.54 Å².